The molecule has 0 saturated carbocycles. The average Bonchev–Trinajstić information content (AvgIpc) is 3.09. The van der Waals surface area contributed by atoms with Gasteiger partial charge in [-0.1, -0.05) is 11.6 Å². The lowest BCUT2D eigenvalue weighted by molar-refractivity contribution is -0.00778. The number of aromatic nitrogens is 6. The second-order valence-electron chi connectivity index (χ2n) is 10.0. The molecule has 1 fully saturated rings. The fourth-order valence-corrected chi connectivity index (χ4v) is 4.88. The van der Waals surface area contributed by atoms with Gasteiger partial charge in [0.15, 0.2) is 17.5 Å². The van der Waals surface area contributed by atoms with Crippen LogP contribution < -0.4 is 16.3 Å². The number of hydrogen-bond acceptors (Lipinski definition) is 8. The van der Waals surface area contributed by atoms with Crippen LogP contribution in [0.25, 0.3) is 5.69 Å². The van der Waals surface area contributed by atoms with Crippen LogP contribution >= 0.6 is 11.6 Å². The van der Waals surface area contributed by atoms with E-state index in [1.807, 2.05) is 0 Å². The molecule has 188 valence electrons. The van der Waals surface area contributed by atoms with E-state index in [-0.39, 0.29) is 45.3 Å². The van der Waals surface area contributed by atoms with Gasteiger partial charge in [-0.2, -0.15) is 14.3 Å². The highest BCUT2D eigenvalue weighted by molar-refractivity contribution is 6.35. The first-order valence-corrected chi connectivity index (χ1v) is 11.5. The summed E-state index contributed by atoms with van der Waals surface area (Å²) in [6.45, 7) is 8.62. The van der Waals surface area contributed by atoms with E-state index in [1.165, 1.54) is 13.1 Å². The molecular formula is C22H28ClF2N9O. The van der Waals surface area contributed by atoms with E-state index in [2.05, 4.69) is 70.7 Å². The normalized spacial score (nSPS) is 18.0. The number of likely N-dealkylation sites (tertiary alicyclic amines) is 1. The number of aryl methyl sites for hydroxylation is 1. The zero-order valence-electron chi connectivity index (χ0n) is 20.4. The Balaban J connectivity index is 1.61. The van der Waals surface area contributed by atoms with Gasteiger partial charge in [-0.15, -0.1) is 0 Å². The number of benzene rings is 1. The number of rotatable bonds is 5. The maximum Gasteiger partial charge on any atom is 0.368 e. The minimum Gasteiger partial charge on any atom is -0.365 e. The van der Waals surface area contributed by atoms with Crippen LogP contribution in [0, 0.1) is 11.6 Å². The number of tetrazole rings is 1. The maximum absolute atomic E-state index is 14.6. The van der Waals surface area contributed by atoms with E-state index in [4.69, 9.17) is 11.6 Å². The van der Waals surface area contributed by atoms with Gasteiger partial charge in [0.2, 0.25) is 5.95 Å². The van der Waals surface area contributed by atoms with Crippen molar-refractivity contribution in [1.29, 1.82) is 0 Å². The Kier molecular flexibility index (Phi) is 6.30. The second-order valence-corrected chi connectivity index (χ2v) is 10.4. The zero-order chi connectivity index (χ0) is 25.7. The van der Waals surface area contributed by atoms with Crippen molar-refractivity contribution in [2.75, 3.05) is 17.7 Å². The van der Waals surface area contributed by atoms with E-state index in [9.17, 15) is 13.6 Å². The topological polar surface area (TPSA) is 106 Å². The summed E-state index contributed by atoms with van der Waals surface area (Å²) in [5.74, 6) is -1.27. The van der Waals surface area contributed by atoms with Gasteiger partial charge in [-0.3, -0.25) is 4.90 Å². The summed E-state index contributed by atoms with van der Waals surface area (Å²) in [6.07, 6.45) is 2.63. The molecule has 35 heavy (non-hydrogen) atoms. The van der Waals surface area contributed by atoms with Gasteiger partial charge in [0.1, 0.15) is 5.69 Å². The van der Waals surface area contributed by atoms with E-state index in [0.717, 1.165) is 34.5 Å². The number of hydrogen-bond donors (Lipinski definition) is 2. The van der Waals surface area contributed by atoms with Gasteiger partial charge in [-0.25, -0.2) is 18.6 Å². The summed E-state index contributed by atoms with van der Waals surface area (Å²) in [7, 11) is 3.48. The highest BCUT2D eigenvalue weighted by atomic mass is 35.5. The average molecular weight is 508 g/mol. The fraction of sp³-hybridized carbons (Fsp3) is 0.500. The minimum atomic E-state index is -0.766. The van der Waals surface area contributed by atoms with Crippen molar-refractivity contribution in [2.24, 2.45) is 7.05 Å². The van der Waals surface area contributed by atoms with Crippen LogP contribution in [-0.4, -0.2) is 58.8 Å². The molecule has 0 unspecified atom stereocenters. The first-order valence-electron chi connectivity index (χ1n) is 11.1. The first kappa shape index (κ1) is 25.0. The van der Waals surface area contributed by atoms with Crippen LogP contribution in [0.15, 0.2) is 23.1 Å². The lowest BCUT2D eigenvalue weighted by Crippen LogP contribution is -2.61. The van der Waals surface area contributed by atoms with E-state index in [1.54, 1.807) is 0 Å². The van der Waals surface area contributed by atoms with Crippen LogP contribution in [0.1, 0.15) is 40.5 Å². The predicted octanol–water partition coefficient (Wildman–Crippen LogP) is 3.49. The molecule has 0 bridgehead atoms. The smallest absolute Gasteiger partial charge is 0.365 e. The number of anilines is 3. The lowest BCUT2D eigenvalue weighted by atomic mass is 9.77. The molecule has 0 spiro atoms. The maximum atomic E-state index is 14.6. The number of nitrogens with zero attached hydrogens (tertiary/aromatic N) is 7. The van der Waals surface area contributed by atoms with Crippen molar-refractivity contribution in [1.82, 2.24) is 34.7 Å². The third kappa shape index (κ3) is 4.72. The molecule has 4 rings (SSSR count). The molecule has 1 aliphatic heterocycles. The summed E-state index contributed by atoms with van der Waals surface area (Å²) in [5, 5.41) is 13.2. The van der Waals surface area contributed by atoms with E-state index < -0.39 is 17.3 Å². The van der Waals surface area contributed by atoms with Gasteiger partial charge >= 0.3 is 5.69 Å². The third-order valence-electron chi connectivity index (χ3n) is 6.64. The predicted molar refractivity (Wildman–Crippen MR) is 129 cm³/mol. The molecule has 0 amide bonds. The monoisotopic (exact) mass is 507 g/mol. The third-order valence-corrected chi connectivity index (χ3v) is 7.02. The largest absolute Gasteiger partial charge is 0.368 e. The van der Waals surface area contributed by atoms with Crippen LogP contribution in [-0.2, 0) is 7.05 Å². The molecule has 0 radical (unpaired) electrons. The van der Waals surface area contributed by atoms with Crippen molar-refractivity contribution < 1.29 is 8.78 Å². The summed E-state index contributed by atoms with van der Waals surface area (Å²) in [4.78, 5) is 22.8. The summed E-state index contributed by atoms with van der Waals surface area (Å²) < 4.78 is 30.9. The Hall–Kier alpha value is -3.12. The summed E-state index contributed by atoms with van der Waals surface area (Å²) >= 11 is 6.39. The summed E-state index contributed by atoms with van der Waals surface area (Å²) in [6, 6.07) is 2.47. The molecular weight excluding hydrogens is 480 g/mol. The first-order chi connectivity index (χ1) is 16.3. The Morgan fingerprint density at radius 1 is 1.06 bits per heavy atom. The van der Waals surface area contributed by atoms with Gasteiger partial charge in [0.05, 0.1) is 16.9 Å². The highest BCUT2D eigenvalue weighted by Gasteiger charge is 2.43. The lowest BCUT2D eigenvalue weighted by Gasteiger charge is -2.53. The Labute approximate surface area is 206 Å². The number of halogens is 3. The minimum absolute atomic E-state index is 0.0157. The zero-order valence-corrected chi connectivity index (χ0v) is 21.2. The van der Waals surface area contributed by atoms with Gasteiger partial charge in [-0.05, 0) is 70.1 Å². The molecule has 2 aromatic heterocycles. The van der Waals surface area contributed by atoms with Gasteiger partial charge in [0.25, 0.3) is 0 Å². The van der Waals surface area contributed by atoms with Crippen molar-refractivity contribution in [3.63, 3.8) is 0 Å². The van der Waals surface area contributed by atoms with Crippen molar-refractivity contribution in [3.05, 3.63) is 45.5 Å². The highest BCUT2D eigenvalue weighted by Crippen LogP contribution is 2.38. The molecule has 0 aliphatic carbocycles. The molecule has 1 aliphatic rings. The second kappa shape index (κ2) is 8.83. The van der Waals surface area contributed by atoms with Gasteiger partial charge < -0.3 is 10.6 Å². The molecule has 3 heterocycles. The number of piperidine rings is 1. The van der Waals surface area contributed by atoms with Crippen molar-refractivity contribution in [2.45, 2.75) is 57.7 Å². The van der Waals surface area contributed by atoms with E-state index in [0.29, 0.717) is 0 Å². The van der Waals surface area contributed by atoms with Crippen LogP contribution in [0.5, 0.6) is 0 Å². The molecule has 1 aromatic carbocycles. The van der Waals surface area contributed by atoms with Crippen LogP contribution in [0.2, 0.25) is 5.02 Å². The number of nitrogens with one attached hydrogen (secondary N) is 2. The molecule has 2 N–H and O–H groups in total. The van der Waals surface area contributed by atoms with Crippen LogP contribution in [0.4, 0.5) is 26.2 Å². The van der Waals surface area contributed by atoms with Gasteiger partial charge in [0, 0.05) is 24.2 Å². The molecule has 0 atom stereocenters. The molecule has 3 aromatic rings. The van der Waals surface area contributed by atoms with Crippen LogP contribution in [0.3, 0.4) is 0 Å². The Morgan fingerprint density at radius 3 is 2.31 bits per heavy atom. The Morgan fingerprint density at radius 2 is 1.71 bits per heavy atom. The molecule has 1 saturated heterocycles. The Bertz CT molecular complexity index is 1300. The quantitative estimate of drug-likeness (QED) is 0.540. The van der Waals surface area contributed by atoms with Crippen molar-refractivity contribution in [3.8, 4) is 5.69 Å². The molecule has 10 nitrogen and oxygen atoms in total. The van der Waals surface area contributed by atoms with Crippen molar-refractivity contribution >= 4 is 29.1 Å². The summed E-state index contributed by atoms with van der Waals surface area (Å²) in [5.41, 5.74) is -0.928. The fourth-order valence-electron chi connectivity index (χ4n) is 4.60. The standard InChI is InChI=1S/C22H28ClF2N9O/c1-21(2)9-12(10-22(3,4)33(21)6)27-18-14(25)11-26-19(29-18)28-15-8-7-13(24)17(16(15)23)34-20(35)32(5)30-31-34/h7-8,11-12H,9-10H2,1-6H3,(H2,26,27,28,29). The van der Waals surface area contributed by atoms with E-state index >= 15 is 0 Å². The molecule has 13 heteroatoms. The SMILES string of the molecule is CN1C(C)(C)CC(Nc2nc(Nc3ccc(F)c(-n4nnn(C)c4=O)c3Cl)ncc2F)CC1(C)C.